The monoisotopic (exact) mass is 199 g/mol. The Morgan fingerprint density at radius 3 is 2.71 bits per heavy atom. The Bertz CT molecular complexity index is 366. The fourth-order valence-electron chi connectivity index (χ4n) is 1.02. The molecule has 0 bridgehead atoms. The lowest BCUT2D eigenvalue weighted by molar-refractivity contribution is -0.385. The minimum atomic E-state index is -1.15. The molecule has 0 amide bonds. The standard InChI is InChI=1S/C8H6FNO4/c9-14-8(11)5-6-3-1-2-4-7(6)10(12)13/h1-4H,5H2. The van der Waals surface area contributed by atoms with Crippen LogP contribution in [0.5, 0.6) is 0 Å². The number of nitro groups is 1. The summed E-state index contributed by atoms with van der Waals surface area (Å²) in [6, 6.07) is 5.59. The molecule has 0 N–H and O–H groups in total. The summed E-state index contributed by atoms with van der Waals surface area (Å²) < 4.78 is 11.4. The molecule has 5 nitrogen and oxygen atoms in total. The van der Waals surface area contributed by atoms with Gasteiger partial charge < -0.3 is 0 Å². The second kappa shape index (κ2) is 4.31. The van der Waals surface area contributed by atoms with Crippen LogP contribution in [0.15, 0.2) is 24.3 Å². The molecule has 0 aliphatic rings. The molecular formula is C8H6FNO4. The van der Waals surface area contributed by atoms with Crippen molar-refractivity contribution in [3.63, 3.8) is 0 Å². The van der Waals surface area contributed by atoms with E-state index >= 15 is 0 Å². The van der Waals surface area contributed by atoms with Gasteiger partial charge in [-0.25, -0.2) is 4.79 Å². The largest absolute Gasteiger partial charge is 0.353 e. The highest BCUT2D eigenvalue weighted by Crippen LogP contribution is 2.18. The average molecular weight is 199 g/mol. The zero-order valence-corrected chi connectivity index (χ0v) is 6.97. The van der Waals surface area contributed by atoms with Gasteiger partial charge in [0.15, 0.2) is 0 Å². The third-order valence-corrected chi connectivity index (χ3v) is 1.61. The van der Waals surface area contributed by atoms with Gasteiger partial charge in [0.05, 0.1) is 11.3 Å². The van der Waals surface area contributed by atoms with Crippen molar-refractivity contribution in [2.75, 3.05) is 0 Å². The zero-order chi connectivity index (χ0) is 10.6. The van der Waals surface area contributed by atoms with Crippen molar-refractivity contribution >= 4 is 11.7 Å². The molecule has 0 atom stereocenters. The Morgan fingerprint density at radius 1 is 1.50 bits per heavy atom. The number of carbonyl (C=O) groups excluding carboxylic acids is 1. The number of rotatable bonds is 3. The number of para-hydroxylation sites is 1. The van der Waals surface area contributed by atoms with E-state index in [9.17, 15) is 19.4 Å². The Balaban J connectivity index is 2.95. The molecule has 0 spiro atoms. The average Bonchev–Trinajstić information content (AvgIpc) is 2.18. The van der Waals surface area contributed by atoms with Crippen molar-refractivity contribution in [1.29, 1.82) is 0 Å². The van der Waals surface area contributed by atoms with E-state index in [0.717, 1.165) is 0 Å². The first kappa shape index (κ1) is 10.1. The summed E-state index contributed by atoms with van der Waals surface area (Å²) in [4.78, 5) is 23.3. The van der Waals surface area contributed by atoms with Crippen LogP contribution in [0.25, 0.3) is 0 Å². The molecular weight excluding hydrogens is 193 g/mol. The lowest BCUT2D eigenvalue weighted by Gasteiger charge is -1.98. The zero-order valence-electron chi connectivity index (χ0n) is 6.97. The molecule has 0 aliphatic heterocycles. The summed E-state index contributed by atoms with van der Waals surface area (Å²) in [7, 11) is 0. The summed E-state index contributed by atoms with van der Waals surface area (Å²) in [5, 5.41) is 10.5. The normalized spacial score (nSPS) is 9.50. The van der Waals surface area contributed by atoms with Crippen LogP contribution < -0.4 is 0 Å². The van der Waals surface area contributed by atoms with Crippen molar-refractivity contribution in [1.82, 2.24) is 0 Å². The molecule has 1 rings (SSSR count). The number of nitro benzene ring substituents is 1. The van der Waals surface area contributed by atoms with Gasteiger partial charge in [-0.2, -0.15) is 0 Å². The molecule has 0 radical (unpaired) electrons. The SMILES string of the molecule is O=C(Cc1ccccc1[N+](=O)[O-])OF. The first-order chi connectivity index (χ1) is 6.65. The quantitative estimate of drug-likeness (QED) is 0.547. The van der Waals surface area contributed by atoms with Crippen LogP contribution in [-0.2, 0) is 16.2 Å². The van der Waals surface area contributed by atoms with Gasteiger partial charge >= 0.3 is 5.97 Å². The molecule has 1 aromatic rings. The van der Waals surface area contributed by atoms with Crippen LogP contribution in [0, 0.1) is 10.1 Å². The lowest BCUT2D eigenvalue weighted by Crippen LogP contribution is -2.04. The van der Waals surface area contributed by atoms with Gasteiger partial charge in [0.25, 0.3) is 5.69 Å². The van der Waals surface area contributed by atoms with Gasteiger partial charge in [0.2, 0.25) is 0 Å². The molecule has 6 heteroatoms. The van der Waals surface area contributed by atoms with E-state index in [4.69, 9.17) is 0 Å². The van der Waals surface area contributed by atoms with Gasteiger partial charge in [0, 0.05) is 16.2 Å². The molecule has 0 unspecified atom stereocenters. The van der Waals surface area contributed by atoms with Crippen molar-refractivity contribution in [2.24, 2.45) is 0 Å². The Kier molecular flexibility index (Phi) is 3.11. The summed E-state index contributed by atoms with van der Waals surface area (Å²) in [6.07, 6.45) is -0.451. The molecule has 74 valence electrons. The fourth-order valence-corrected chi connectivity index (χ4v) is 1.02. The topological polar surface area (TPSA) is 69.4 Å². The number of halogens is 1. The van der Waals surface area contributed by atoms with Crippen LogP contribution in [0.2, 0.25) is 0 Å². The first-order valence-electron chi connectivity index (χ1n) is 3.69. The lowest BCUT2D eigenvalue weighted by atomic mass is 10.1. The summed E-state index contributed by atoms with van der Waals surface area (Å²) in [6.45, 7) is 0. The smallest absolute Gasteiger partial charge is 0.258 e. The number of carbonyl (C=O) groups is 1. The van der Waals surface area contributed by atoms with Gasteiger partial charge in [-0.05, 0) is 0 Å². The molecule has 0 heterocycles. The summed E-state index contributed by atoms with van der Waals surface area (Å²) in [5.41, 5.74) is -0.0990. The second-order valence-electron chi connectivity index (χ2n) is 2.51. The predicted octanol–water partition coefficient (Wildman–Crippen LogP) is 1.56. The Hall–Kier alpha value is -1.98. The summed E-state index contributed by atoms with van der Waals surface area (Å²) >= 11 is 0. The van der Waals surface area contributed by atoms with E-state index in [1.165, 1.54) is 24.3 Å². The molecule has 0 saturated heterocycles. The third kappa shape index (κ3) is 2.25. The van der Waals surface area contributed by atoms with Crippen LogP contribution in [0.1, 0.15) is 5.56 Å². The van der Waals surface area contributed by atoms with Crippen LogP contribution in [0.4, 0.5) is 10.2 Å². The van der Waals surface area contributed by atoms with E-state index in [0.29, 0.717) is 0 Å². The third-order valence-electron chi connectivity index (χ3n) is 1.61. The highest BCUT2D eigenvalue weighted by atomic mass is 19.3. The van der Waals surface area contributed by atoms with Crippen molar-refractivity contribution in [2.45, 2.75) is 6.42 Å². The Morgan fingerprint density at radius 2 is 2.14 bits per heavy atom. The van der Waals surface area contributed by atoms with E-state index in [1.807, 2.05) is 0 Å². The molecule has 14 heavy (non-hydrogen) atoms. The molecule has 0 aliphatic carbocycles. The highest BCUT2D eigenvalue weighted by Gasteiger charge is 2.16. The second-order valence-corrected chi connectivity index (χ2v) is 2.51. The van der Waals surface area contributed by atoms with Crippen molar-refractivity contribution < 1.29 is 19.2 Å². The van der Waals surface area contributed by atoms with Crippen LogP contribution in [-0.4, -0.2) is 10.9 Å². The summed E-state index contributed by atoms with van der Waals surface area (Å²) in [5.74, 6) is -1.15. The maximum absolute atomic E-state index is 11.4. The minimum Gasteiger partial charge on any atom is -0.258 e. The molecule has 0 saturated carbocycles. The maximum Gasteiger partial charge on any atom is 0.353 e. The van der Waals surface area contributed by atoms with Crippen molar-refractivity contribution in [3.8, 4) is 0 Å². The van der Waals surface area contributed by atoms with E-state index < -0.39 is 17.3 Å². The van der Waals surface area contributed by atoms with Crippen LogP contribution in [0.3, 0.4) is 0 Å². The van der Waals surface area contributed by atoms with E-state index in [2.05, 4.69) is 4.94 Å². The van der Waals surface area contributed by atoms with Gasteiger partial charge in [-0.1, -0.05) is 18.2 Å². The minimum absolute atomic E-state index is 0.125. The van der Waals surface area contributed by atoms with Gasteiger partial charge in [0.1, 0.15) is 0 Å². The molecule has 0 aromatic heterocycles. The fraction of sp³-hybridized carbons (Fsp3) is 0.125. The number of nitrogens with zero attached hydrogens (tertiary/aromatic N) is 1. The molecule has 1 aromatic carbocycles. The van der Waals surface area contributed by atoms with Crippen molar-refractivity contribution in [3.05, 3.63) is 39.9 Å². The number of hydrogen-bond donors (Lipinski definition) is 0. The van der Waals surface area contributed by atoms with Gasteiger partial charge in [-0.3, -0.25) is 15.1 Å². The van der Waals surface area contributed by atoms with E-state index in [-0.39, 0.29) is 11.3 Å². The van der Waals surface area contributed by atoms with Gasteiger partial charge in [-0.15, -0.1) is 0 Å². The maximum atomic E-state index is 11.4. The predicted molar refractivity (Wildman–Crippen MR) is 44.0 cm³/mol. The highest BCUT2D eigenvalue weighted by molar-refractivity contribution is 5.73. The number of benzene rings is 1. The first-order valence-corrected chi connectivity index (χ1v) is 3.69. The van der Waals surface area contributed by atoms with E-state index in [1.54, 1.807) is 0 Å². The molecule has 0 fully saturated rings. The Labute approximate surface area is 78.2 Å². The number of hydrogen-bond acceptors (Lipinski definition) is 4. The van der Waals surface area contributed by atoms with Crippen LogP contribution >= 0.6 is 0 Å².